The Kier molecular flexibility index (Phi) is 4.54. The fourth-order valence-electron chi connectivity index (χ4n) is 3.08. The van der Waals surface area contributed by atoms with Gasteiger partial charge in [0.05, 0.1) is 6.61 Å². The molecule has 1 aromatic carbocycles. The van der Waals surface area contributed by atoms with Crippen LogP contribution in [-0.4, -0.2) is 48.7 Å². The molecule has 0 bridgehead atoms. The van der Waals surface area contributed by atoms with Crippen molar-refractivity contribution in [1.29, 1.82) is 0 Å². The van der Waals surface area contributed by atoms with Crippen molar-refractivity contribution in [3.05, 3.63) is 29.3 Å². The zero-order valence-electron chi connectivity index (χ0n) is 12.2. The van der Waals surface area contributed by atoms with Crippen molar-refractivity contribution in [2.75, 3.05) is 31.7 Å². The number of likely N-dealkylation sites (N-methyl/N-ethyl adjacent to an activating group) is 1. The highest BCUT2D eigenvalue weighted by Gasteiger charge is 2.25. The molecule has 0 aliphatic carbocycles. The summed E-state index contributed by atoms with van der Waals surface area (Å²) in [4.78, 5) is 2.43. The van der Waals surface area contributed by atoms with Crippen LogP contribution in [0.3, 0.4) is 0 Å². The number of thioether (sulfide) groups is 1. The summed E-state index contributed by atoms with van der Waals surface area (Å²) in [5, 5.41) is 0. The van der Waals surface area contributed by atoms with Gasteiger partial charge in [-0.2, -0.15) is 11.8 Å². The standard InChI is InChI=1S/C16H24N2OS/c1-18-7-9-20-11-15(18)14(17)4-2-12-3-5-16-13(10-12)6-8-19-16/h3,5,10,14-15H,2,4,6-9,11,17H2,1H3. The monoisotopic (exact) mass is 292 g/mol. The Morgan fingerprint density at radius 3 is 3.25 bits per heavy atom. The number of nitrogens with zero attached hydrogens (tertiary/aromatic N) is 1. The second kappa shape index (κ2) is 6.37. The summed E-state index contributed by atoms with van der Waals surface area (Å²) < 4.78 is 5.55. The summed E-state index contributed by atoms with van der Waals surface area (Å²) in [7, 11) is 2.21. The van der Waals surface area contributed by atoms with E-state index in [4.69, 9.17) is 10.5 Å². The Morgan fingerprint density at radius 1 is 1.50 bits per heavy atom. The van der Waals surface area contributed by atoms with Crippen LogP contribution in [-0.2, 0) is 12.8 Å². The Hall–Kier alpha value is -0.710. The van der Waals surface area contributed by atoms with Gasteiger partial charge >= 0.3 is 0 Å². The maximum Gasteiger partial charge on any atom is 0.122 e. The topological polar surface area (TPSA) is 38.5 Å². The molecule has 1 aromatic rings. The lowest BCUT2D eigenvalue weighted by Crippen LogP contribution is -2.50. The van der Waals surface area contributed by atoms with E-state index in [0.29, 0.717) is 6.04 Å². The largest absolute Gasteiger partial charge is 0.493 e. The fourth-order valence-corrected chi connectivity index (χ4v) is 4.40. The quantitative estimate of drug-likeness (QED) is 0.920. The molecule has 20 heavy (non-hydrogen) atoms. The molecular weight excluding hydrogens is 268 g/mol. The number of ether oxygens (including phenoxy) is 1. The van der Waals surface area contributed by atoms with Gasteiger partial charge in [0.1, 0.15) is 5.75 Å². The van der Waals surface area contributed by atoms with E-state index in [2.05, 4.69) is 30.1 Å². The lowest BCUT2D eigenvalue weighted by Gasteiger charge is -2.36. The first kappa shape index (κ1) is 14.2. The molecule has 2 aliphatic rings. The van der Waals surface area contributed by atoms with Gasteiger partial charge in [0, 0.05) is 36.6 Å². The first-order valence-corrected chi connectivity index (χ1v) is 8.67. The Balaban J connectivity index is 1.56. The maximum atomic E-state index is 6.42. The molecule has 0 amide bonds. The third kappa shape index (κ3) is 3.13. The molecule has 2 unspecified atom stereocenters. The SMILES string of the molecule is CN1CCSCC1C(N)CCc1ccc2c(c1)CCO2. The number of hydrogen-bond donors (Lipinski definition) is 1. The molecule has 1 fully saturated rings. The molecule has 0 spiro atoms. The van der Waals surface area contributed by atoms with Crippen molar-refractivity contribution in [3.8, 4) is 5.75 Å². The summed E-state index contributed by atoms with van der Waals surface area (Å²) in [5.41, 5.74) is 9.18. The van der Waals surface area contributed by atoms with Crippen molar-refractivity contribution in [2.45, 2.75) is 31.3 Å². The minimum Gasteiger partial charge on any atom is -0.493 e. The van der Waals surface area contributed by atoms with Gasteiger partial charge in [0.15, 0.2) is 0 Å². The van der Waals surface area contributed by atoms with Crippen molar-refractivity contribution in [2.24, 2.45) is 5.73 Å². The third-order valence-electron chi connectivity index (χ3n) is 4.46. The van der Waals surface area contributed by atoms with E-state index in [1.807, 2.05) is 11.8 Å². The van der Waals surface area contributed by atoms with Crippen LogP contribution in [0.4, 0.5) is 0 Å². The van der Waals surface area contributed by atoms with E-state index in [1.54, 1.807) is 0 Å². The van der Waals surface area contributed by atoms with Crippen LogP contribution in [0.1, 0.15) is 17.5 Å². The average molecular weight is 292 g/mol. The highest BCUT2D eigenvalue weighted by Crippen LogP contribution is 2.26. The molecule has 0 aromatic heterocycles. The summed E-state index contributed by atoms with van der Waals surface area (Å²) >= 11 is 2.03. The van der Waals surface area contributed by atoms with Crippen molar-refractivity contribution in [3.63, 3.8) is 0 Å². The maximum absolute atomic E-state index is 6.42. The van der Waals surface area contributed by atoms with Crippen LogP contribution in [0.25, 0.3) is 0 Å². The molecule has 3 nitrogen and oxygen atoms in total. The van der Waals surface area contributed by atoms with Crippen LogP contribution >= 0.6 is 11.8 Å². The molecular formula is C16H24N2OS. The van der Waals surface area contributed by atoms with Gasteiger partial charge in [-0.15, -0.1) is 0 Å². The van der Waals surface area contributed by atoms with Gasteiger partial charge in [-0.3, -0.25) is 0 Å². The van der Waals surface area contributed by atoms with Crippen LogP contribution in [0.5, 0.6) is 5.75 Å². The fraction of sp³-hybridized carbons (Fsp3) is 0.625. The molecule has 3 rings (SSSR count). The Labute approximate surface area is 125 Å². The number of rotatable bonds is 4. The lowest BCUT2D eigenvalue weighted by molar-refractivity contribution is 0.230. The van der Waals surface area contributed by atoms with E-state index in [0.717, 1.165) is 31.6 Å². The van der Waals surface area contributed by atoms with Gasteiger partial charge in [0.25, 0.3) is 0 Å². The van der Waals surface area contributed by atoms with Gasteiger partial charge in [-0.05, 0) is 37.1 Å². The van der Waals surface area contributed by atoms with E-state index in [-0.39, 0.29) is 6.04 Å². The van der Waals surface area contributed by atoms with Crippen LogP contribution in [0.15, 0.2) is 18.2 Å². The summed E-state index contributed by atoms with van der Waals surface area (Å²) in [5.74, 6) is 3.49. The normalized spacial score (nSPS) is 24.2. The highest BCUT2D eigenvalue weighted by molar-refractivity contribution is 7.99. The second-order valence-corrected chi connectivity index (χ2v) is 7.02. The minimum atomic E-state index is 0.275. The van der Waals surface area contributed by atoms with Crippen molar-refractivity contribution >= 4 is 11.8 Å². The molecule has 4 heteroatoms. The molecule has 2 heterocycles. The first-order chi connectivity index (χ1) is 9.74. The predicted octanol–water partition coefficient (Wildman–Crippen LogP) is 1.93. The lowest BCUT2D eigenvalue weighted by atomic mass is 9.98. The Bertz CT molecular complexity index is 466. The van der Waals surface area contributed by atoms with Gasteiger partial charge in [-0.1, -0.05) is 12.1 Å². The van der Waals surface area contributed by atoms with E-state index in [9.17, 15) is 0 Å². The summed E-state index contributed by atoms with van der Waals surface area (Å²) in [6, 6.07) is 7.42. The number of nitrogens with two attached hydrogens (primary N) is 1. The van der Waals surface area contributed by atoms with Crippen LogP contribution in [0.2, 0.25) is 0 Å². The first-order valence-electron chi connectivity index (χ1n) is 7.52. The van der Waals surface area contributed by atoms with Gasteiger partial charge in [-0.25, -0.2) is 0 Å². The van der Waals surface area contributed by atoms with Crippen LogP contribution in [0, 0.1) is 0 Å². The predicted molar refractivity (Wildman–Crippen MR) is 85.7 cm³/mol. The third-order valence-corrected chi connectivity index (χ3v) is 5.51. The van der Waals surface area contributed by atoms with Crippen LogP contribution < -0.4 is 10.5 Å². The molecule has 0 saturated carbocycles. The molecule has 110 valence electrons. The zero-order valence-corrected chi connectivity index (χ0v) is 13.0. The molecule has 2 aliphatic heterocycles. The second-order valence-electron chi connectivity index (χ2n) is 5.87. The number of benzene rings is 1. The molecule has 2 N–H and O–H groups in total. The van der Waals surface area contributed by atoms with Gasteiger partial charge in [0.2, 0.25) is 0 Å². The van der Waals surface area contributed by atoms with E-state index in [1.165, 1.54) is 29.2 Å². The van der Waals surface area contributed by atoms with E-state index < -0.39 is 0 Å². The Morgan fingerprint density at radius 2 is 2.40 bits per heavy atom. The molecule has 0 radical (unpaired) electrons. The van der Waals surface area contributed by atoms with Crippen molar-refractivity contribution < 1.29 is 4.74 Å². The van der Waals surface area contributed by atoms with E-state index >= 15 is 0 Å². The average Bonchev–Trinajstić information content (AvgIpc) is 2.92. The summed E-state index contributed by atoms with van der Waals surface area (Å²) in [6.45, 7) is 2.00. The van der Waals surface area contributed by atoms with Crippen molar-refractivity contribution in [1.82, 2.24) is 4.90 Å². The smallest absolute Gasteiger partial charge is 0.122 e. The molecule has 1 saturated heterocycles. The minimum absolute atomic E-state index is 0.275. The number of hydrogen-bond acceptors (Lipinski definition) is 4. The summed E-state index contributed by atoms with van der Waals surface area (Å²) in [6.07, 6.45) is 3.19. The highest BCUT2D eigenvalue weighted by atomic mass is 32.2. The zero-order chi connectivity index (χ0) is 13.9. The number of fused-ring (bicyclic) bond motifs is 1. The number of aryl methyl sites for hydroxylation is 1. The molecule has 2 atom stereocenters. The van der Waals surface area contributed by atoms with Gasteiger partial charge < -0.3 is 15.4 Å².